The van der Waals surface area contributed by atoms with E-state index < -0.39 is 11.6 Å². The van der Waals surface area contributed by atoms with Crippen molar-refractivity contribution in [2.45, 2.75) is 26.7 Å². The molecule has 0 aromatic heterocycles. The fourth-order valence-corrected chi connectivity index (χ4v) is 2.58. The van der Waals surface area contributed by atoms with Gasteiger partial charge < -0.3 is 0 Å². The van der Waals surface area contributed by atoms with Crippen molar-refractivity contribution in [2.75, 3.05) is 0 Å². The minimum absolute atomic E-state index is 0.0265. The van der Waals surface area contributed by atoms with Crippen LogP contribution in [0.2, 0.25) is 0 Å². The predicted molar refractivity (Wildman–Crippen MR) is 70.6 cm³/mol. The number of carbonyl (C=O) groups excluding carboxylic acids is 1. The van der Waals surface area contributed by atoms with Gasteiger partial charge in [0.1, 0.15) is 17.4 Å². The van der Waals surface area contributed by atoms with Crippen molar-refractivity contribution in [3.8, 4) is 0 Å². The van der Waals surface area contributed by atoms with Crippen LogP contribution in [-0.2, 0) is 11.2 Å². The van der Waals surface area contributed by atoms with Crippen molar-refractivity contribution < 1.29 is 13.6 Å². The van der Waals surface area contributed by atoms with Crippen LogP contribution in [0, 0.1) is 29.4 Å². The average Bonchev–Trinajstić information content (AvgIpc) is 2.35. The molecule has 1 aromatic rings. The van der Waals surface area contributed by atoms with Crippen molar-refractivity contribution in [3.05, 3.63) is 47.5 Å². The van der Waals surface area contributed by atoms with Crippen LogP contribution >= 0.6 is 0 Å². The molecule has 2 unspecified atom stereocenters. The smallest absolute Gasteiger partial charge is 0.143 e. The van der Waals surface area contributed by atoms with E-state index in [4.69, 9.17) is 0 Å². The fourth-order valence-electron chi connectivity index (χ4n) is 2.58. The Morgan fingerprint density at radius 3 is 2.47 bits per heavy atom. The van der Waals surface area contributed by atoms with Gasteiger partial charge in [-0.05, 0) is 30.9 Å². The summed E-state index contributed by atoms with van der Waals surface area (Å²) in [5, 5.41) is 0. The molecule has 1 aromatic carbocycles. The van der Waals surface area contributed by atoms with Gasteiger partial charge in [0, 0.05) is 17.4 Å². The molecule has 0 saturated heterocycles. The molecule has 102 valence electrons. The molecule has 0 bridgehead atoms. The van der Waals surface area contributed by atoms with Crippen LogP contribution in [0.4, 0.5) is 8.78 Å². The largest absolute Gasteiger partial charge is 0.299 e. The van der Waals surface area contributed by atoms with Gasteiger partial charge in [0.2, 0.25) is 0 Å². The van der Waals surface area contributed by atoms with Crippen molar-refractivity contribution in [3.63, 3.8) is 0 Å². The lowest BCUT2D eigenvalue weighted by Gasteiger charge is -2.26. The zero-order chi connectivity index (χ0) is 14.0. The Kier molecular flexibility index (Phi) is 4.13. The van der Waals surface area contributed by atoms with Crippen LogP contribution in [0.3, 0.4) is 0 Å². The predicted octanol–water partition coefficient (Wildman–Crippen LogP) is 3.92. The van der Waals surface area contributed by atoms with Gasteiger partial charge >= 0.3 is 0 Å². The molecule has 0 amide bonds. The molecular formula is C16H18F2O. The Hall–Kier alpha value is -1.51. The lowest BCUT2D eigenvalue weighted by molar-refractivity contribution is -0.126. The highest BCUT2D eigenvalue weighted by molar-refractivity contribution is 5.86. The first-order valence-corrected chi connectivity index (χ1v) is 6.64. The lowest BCUT2D eigenvalue weighted by atomic mass is 9.77. The molecule has 0 N–H and O–H groups in total. The number of carbonyl (C=O) groups is 1. The minimum Gasteiger partial charge on any atom is -0.299 e. The van der Waals surface area contributed by atoms with Crippen molar-refractivity contribution >= 4 is 5.78 Å². The molecule has 2 atom stereocenters. The average molecular weight is 264 g/mol. The van der Waals surface area contributed by atoms with Gasteiger partial charge in [-0.15, -0.1) is 0 Å². The van der Waals surface area contributed by atoms with Crippen LogP contribution in [0.15, 0.2) is 30.4 Å². The zero-order valence-corrected chi connectivity index (χ0v) is 11.2. The maximum absolute atomic E-state index is 13.6. The van der Waals surface area contributed by atoms with Crippen LogP contribution in [0.5, 0.6) is 0 Å². The normalized spacial score (nSPS) is 23.1. The Morgan fingerprint density at radius 2 is 1.89 bits per heavy atom. The first kappa shape index (κ1) is 13.9. The van der Waals surface area contributed by atoms with Crippen molar-refractivity contribution in [1.82, 2.24) is 0 Å². The molecule has 0 heterocycles. The quantitative estimate of drug-likeness (QED) is 0.756. The molecule has 1 aliphatic rings. The number of allylic oxidation sites excluding steroid dienone is 2. The summed E-state index contributed by atoms with van der Waals surface area (Å²) in [5.74, 6) is -1.26. The second-order valence-electron chi connectivity index (χ2n) is 5.44. The molecule has 19 heavy (non-hydrogen) atoms. The maximum atomic E-state index is 13.6. The van der Waals surface area contributed by atoms with Crippen LogP contribution in [0.25, 0.3) is 0 Å². The van der Waals surface area contributed by atoms with Gasteiger partial charge in [0.05, 0.1) is 0 Å². The van der Waals surface area contributed by atoms with E-state index in [9.17, 15) is 13.6 Å². The molecule has 0 spiro atoms. The number of rotatable bonds is 3. The Morgan fingerprint density at radius 1 is 1.26 bits per heavy atom. The summed E-state index contributed by atoms with van der Waals surface area (Å²) in [7, 11) is 0. The fraction of sp³-hybridized carbons (Fsp3) is 0.438. The standard InChI is InChI=1S/C16H18F2O/c1-10(2)12-6-3-5-11(16(12)19)9-13-14(17)7-4-8-15(13)18/h3-4,6-8,10-12H,5,9H2,1-2H3. The van der Waals surface area contributed by atoms with Gasteiger partial charge in [-0.1, -0.05) is 32.1 Å². The SMILES string of the molecule is CC(C)C1C=CCC(Cc2c(F)cccc2F)C1=O. The highest BCUT2D eigenvalue weighted by Crippen LogP contribution is 2.29. The van der Waals surface area contributed by atoms with E-state index in [1.165, 1.54) is 18.2 Å². The first-order chi connectivity index (χ1) is 9.00. The zero-order valence-electron chi connectivity index (χ0n) is 11.2. The van der Waals surface area contributed by atoms with Gasteiger partial charge in [0.15, 0.2) is 0 Å². The van der Waals surface area contributed by atoms with E-state index in [0.717, 1.165) is 0 Å². The number of halogens is 2. The van der Waals surface area contributed by atoms with Gasteiger partial charge in [0.25, 0.3) is 0 Å². The van der Waals surface area contributed by atoms with Crippen LogP contribution in [0.1, 0.15) is 25.8 Å². The molecule has 0 aliphatic heterocycles. The summed E-state index contributed by atoms with van der Waals surface area (Å²) in [6.07, 6.45) is 4.58. The second kappa shape index (κ2) is 5.64. The number of benzene rings is 1. The molecule has 1 aliphatic carbocycles. The molecule has 0 fully saturated rings. The summed E-state index contributed by atoms with van der Waals surface area (Å²) in [6.45, 7) is 3.97. The van der Waals surface area contributed by atoms with E-state index in [0.29, 0.717) is 6.42 Å². The second-order valence-corrected chi connectivity index (χ2v) is 5.44. The third-order valence-corrected chi connectivity index (χ3v) is 3.73. The number of hydrogen-bond donors (Lipinski definition) is 0. The molecule has 2 rings (SSSR count). The van der Waals surface area contributed by atoms with E-state index in [-0.39, 0.29) is 35.5 Å². The number of hydrogen-bond acceptors (Lipinski definition) is 1. The van der Waals surface area contributed by atoms with E-state index >= 15 is 0 Å². The Balaban J connectivity index is 2.20. The molecular weight excluding hydrogens is 246 g/mol. The van der Waals surface area contributed by atoms with Gasteiger partial charge in [-0.2, -0.15) is 0 Å². The number of ketones is 1. The van der Waals surface area contributed by atoms with E-state index in [1.807, 2.05) is 26.0 Å². The van der Waals surface area contributed by atoms with Crippen LogP contribution < -0.4 is 0 Å². The van der Waals surface area contributed by atoms with Crippen molar-refractivity contribution in [1.29, 1.82) is 0 Å². The van der Waals surface area contributed by atoms with Gasteiger partial charge in [-0.25, -0.2) is 8.78 Å². The lowest BCUT2D eigenvalue weighted by Crippen LogP contribution is -2.30. The highest BCUT2D eigenvalue weighted by atomic mass is 19.1. The summed E-state index contributed by atoms with van der Waals surface area (Å²) < 4.78 is 27.2. The minimum atomic E-state index is -0.566. The topological polar surface area (TPSA) is 17.1 Å². The Labute approximate surface area is 112 Å². The monoisotopic (exact) mass is 264 g/mol. The van der Waals surface area contributed by atoms with E-state index in [2.05, 4.69) is 0 Å². The Bertz CT molecular complexity index is 485. The molecule has 0 saturated carbocycles. The summed E-state index contributed by atoms with van der Waals surface area (Å²) in [6, 6.07) is 3.82. The number of Topliss-reactive ketones (excluding diaryl/α,β-unsaturated/α-hetero) is 1. The maximum Gasteiger partial charge on any atom is 0.143 e. The highest BCUT2D eigenvalue weighted by Gasteiger charge is 2.30. The first-order valence-electron chi connectivity index (χ1n) is 6.64. The van der Waals surface area contributed by atoms with Crippen LogP contribution in [-0.4, -0.2) is 5.78 Å². The summed E-state index contributed by atoms with van der Waals surface area (Å²) in [5.41, 5.74) is 0.0265. The summed E-state index contributed by atoms with van der Waals surface area (Å²) in [4.78, 5) is 12.3. The van der Waals surface area contributed by atoms with E-state index in [1.54, 1.807) is 0 Å². The molecule has 3 heteroatoms. The summed E-state index contributed by atoms with van der Waals surface area (Å²) >= 11 is 0. The molecule has 1 nitrogen and oxygen atoms in total. The molecule has 0 radical (unpaired) electrons. The third kappa shape index (κ3) is 2.91. The van der Waals surface area contributed by atoms with Crippen molar-refractivity contribution in [2.24, 2.45) is 17.8 Å². The van der Waals surface area contributed by atoms with Gasteiger partial charge in [-0.3, -0.25) is 4.79 Å². The third-order valence-electron chi connectivity index (χ3n) is 3.73.